The van der Waals surface area contributed by atoms with Crippen LogP contribution in [0.3, 0.4) is 0 Å². The molecule has 2 aromatic rings. The fraction of sp³-hybridized carbons (Fsp3) is 0.176. The second kappa shape index (κ2) is 4.66. The van der Waals surface area contributed by atoms with Crippen LogP contribution in [-0.2, 0) is 17.6 Å². The Morgan fingerprint density at radius 3 is 2.64 bits per heavy atom. The van der Waals surface area contributed by atoms with E-state index >= 15 is 0 Å². The summed E-state index contributed by atoms with van der Waals surface area (Å²) in [5.74, 6) is -0.490. The summed E-state index contributed by atoms with van der Waals surface area (Å²) in [6.45, 7) is 0.699. The zero-order chi connectivity index (χ0) is 15.3. The summed E-state index contributed by atoms with van der Waals surface area (Å²) in [7, 11) is 0. The fourth-order valence-electron chi connectivity index (χ4n) is 3.15. The van der Waals surface area contributed by atoms with Crippen molar-refractivity contribution in [1.29, 1.82) is 0 Å². The van der Waals surface area contributed by atoms with Crippen molar-refractivity contribution in [2.24, 2.45) is 0 Å². The summed E-state index contributed by atoms with van der Waals surface area (Å²) in [6, 6.07) is 9.26. The van der Waals surface area contributed by atoms with Gasteiger partial charge in [-0.05, 0) is 53.9 Å². The lowest BCUT2D eigenvalue weighted by atomic mass is 10.0. The zero-order valence-electron chi connectivity index (χ0n) is 11.7. The molecule has 0 fully saturated rings. The lowest BCUT2D eigenvalue weighted by molar-refractivity contribution is -0.117. The highest BCUT2D eigenvalue weighted by Crippen LogP contribution is 2.38. The van der Waals surface area contributed by atoms with E-state index in [2.05, 4.69) is 5.32 Å². The van der Waals surface area contributed by atoms with Crippen LogP contribution in [-0.4, -0.2) is 18.4 Å². The van der Waals surface area contributed by atoms with Crippen LogP contribution in [0.4, 0.5) is 15.8 Å². The van der Waals surface area contributed by atoms with Crippen LogP contribution in [0.5, 0.6) is 0 Å². The highest BCUT2D eigenvalue weighted by molar-refractivity contribution is 6.08. The summed E-state index contributed by atoms with van der Waals surface area (Å²) in [6.07, 6.45) is 1.14. The number of carbonyl (C=O) groups excluding carboxylic acids is 2. The molecule has 4 nitrogen and oxygen atoms in total. The van der Waals surface area contributed by atoms with Crippen LogP contribution >= 0.6 is 0 Å². The summed E-state index contributed by atoms with van der Waals surface area (Å²) in [5.41, 5.74) is 4.04. The summed E-state index contributed by atoms with van der Waals surface area (Å²) in [4.78, 5) is 26.0. The van der Waals surface area contributed by atoms with Gasteiger partial charge in [-0.3, -0.25) is 9.59 Å². The third-order valence-electron chi connectivity index (χ3n) is 4.15. The Morgan fingerprint density at radius 2 is 1.86 bits per heavy atom. The number of halogens is 1. The number of hydrogen-bond donors (Lipinski definition) is 1. The van der Waals surface area contributed by atoms with Crippen molar-refractivity contribution >= 4 is 23.2 Å². The number of benzene rings is 2. The van der Waals surface area contributed by atoms with Crippen LogP contribution in [0.1, 0.15) is 21.5 Å². The minimum absolute atomic E-state index is 0.102. The number of carbonyl (C=O) groups is 2. The first-order valence-electron chi connectivity index (χ1n) is 7.15. The third-order valence-corrected chi connectivity index (χ3v) is 4.15. The van der Waals surface area contributed by atoms with Crippen LogP contribution in [0.15, 0.2) is 36.4 Å². The Kier molecular flexibility index (Phi) is 2.76. The second-order valence-corrected chi connectivity index (χ2v) is 5.58. The van der Waals surface area contributed by atoms with Gasteiger partial charge in [0.2, 0.25) is 5.91 Å². The van der Waals surface area contributed by atoms with Gasteiger partial charge in [0, 0.05) is 17.8 Å². The molecule has 0 aromatic heterocycles. The average molecular weight is 296 g/mol. The quantitative estimate of drug-likeness (QED) is 0.925. The predicted molar refractivity (Wildman–Crippen MR) is 80.6 cm³/mol. The molecule has 0 bridgehead atoms. The van der Waals surface area contributed by atoms with Crippen molar-refractivity contribution in [3.63, 3.8) is 0 Å². The second-order valence-electron chi connectivity index (χ2n) is 5.58. The van der Waals surface area contributed by atoms with Crippen molar-refractivity contribution in [1.82, 2.24) is 0 Å². The van der Waals surface area contributed by atoms with Crippen LogP contribution in [0, 0.1) is 5.82 Å². The maximum Gasteiger partial charge on any atom is 0.255 e. The largest absolute Gasteiger partial charge is 0.322 e. The molecule has 0 saturated heterocycles. The fourth-order valence-corrected chi connectivity index (χ4v) is 3.15. The number of rotatable bonds is 2. The van der Waals surface area contributed by atoms with E-state index in [9.17, 15) is 14.0 Å². The van der Waals surface area contributed by atoms with Crippen molar-refractivity contribution in [3.8, 4) is 0 Å². The smallest absolute Gasteiger partial charge is 0.255 e. The first-order chi connectivity index (χ1) is 10.6. The van der Waals surface area contributed by atoms with E-state index in [1.54, 1.807) is 11.0 Å². The minimum atomic E-state index is -0.345. The molecule has 2 aromatic carbocycles. The highest BCUT2D eigenvalue weighted by Gasteiger charge is 2.34. The Labute approximate surface area is 126 Å². The number of nitrogens with one attached hydrogen (secondary N) is 1. The molecule has 2 aliphatic rings. The molecule has 1 N–H and O–H groups in total. The number of anilines is 2. The van der Waals surface area contributed by atoms with Crippen molar-refractivity contribution < 1.29 is 14.0 Å². The van der Waals surface area contributed by atoms with E-state index in [-0.39, 0.29) is 17.6 Å². The Balaban J connectivity index is 1.64. The molecule has 0 spiro atoms. The molecule has 22 heavy (non-hydrogen) atoms. The molecule has 2 heterocycles. The van der Waals surface area contributed by atoms with E-state index < -0.39 is 0 Å². The molecule has 110 valence electrons. The molecule has 0 radical (unpaired) electrons. The molecule has 2 amide bonds. The zero-order valence-corrected chi connectivity index (χ0v) is 11.7. The monoisotopic (exact) mass is 296 g/mol. The van der Waals surface area contributed by atoms with E-state index in [0.717, 1.165) is 23.2 Å². The van der Waals surface area contributed by atoms with Gasteiger partial charge in [-0.2, -0.15) is 0 Å². The Bertz CT molecular complexity index is 799. The standard InChI is InChI=1S/C17H13FN2O2/c18-13-1-3-14(4-2-13)19-17(22)12-7-10-5-6-20-15(21)9-11(8-12)16(10)20/h1-4,7-8H,5-6,9H2,(H,19,22). The topological polar surface area (TPSA) is 49.4 Å². The maximum absolute atomic E-state index is 12.9. The molecular weight excluding hydrogens is 283 g/mol. The Hall–Kier alpha value is -2.69. The van der Waals surface area contributed by atoms with E-state index in [1.165, 1.54) is 24.3 Å². The number of hydrogen-bond acceptors (Lipinski definition) is 2. The van der Waals surface area contributed by atoms with Crippen molar-refractivity contribution in [3.05, 3.63) is 58.9 Å². The van der Waals surface area contributed by atoms with E-state index in [0.29, 0.717) is 24.2 Å². The molecule has 0 unspecified atom stereocenters. The highest BCUT2D eigenvalue weighted by atomic mass is 19.1. The minimum Gasteiger partial charge on any atom is -0.322 e. The molecule has 2 aliphatic heterocycles. The predicted octanol–water partition coefficient (Wildman–Crippen LogP) is 2.52. The van der Waals surface area contributed by atoms with E-state index in [4.69, 9.17) is 0 Å². The lowest BCUT2D eigenvalue weighted by Gasteiger charge is -2.10. The van der Waals surface area contributed by atoms with Gasteiger partial charge >= 0.3 is 0 Å². The van der Waals surface area contributed by atoms with Gasteiger partial charge in [-0.1, -0.05) is 0 Å². The van der Waals surface area contributed by atoms with Gasteiger partial charge in [-0.25, -0.2) is 4.39 Å². The first-order valence-corrected chi connectivity index (χ1v) is 7.15. The van der Waals surface area contributed by atoms with Crippen LogP contribution < -0.4 is 10.2 Å². The molecule has 0 aliphatic carbocycles. The van der Waals surface area contributed by atoms with Gasteiger partial charge in [0.25, 0.3) is 5.91 Å². The average Bonchev–Trinajstić information content (AvgIpc) is 3.07. The van der Waals surface area contributed by atoms with Gasteiger partial charge in [0.05, 0.1) is 12.1 Å². The normalized spacial score (nSPS) is 15.1. The summed E-state index contributed by atoms with van der Waals surface area (Å²) >= 11 is 0. The SMILES string of the molecule is O=C(Nc1ccc(F)cc1)c1cc2c3c(c1)CC(=O)N3CC2. The van der Waals surface area contributed by atoms with Crippen molar-refractivity contribution in [2.45, 2.75) is 12.8 Å². The first kappa shape index (κ1) is 13.0. The molecule has 0 atom stereocenters. The number of amides is 2. The van der Waals surface area contributed by atoms with Crippen molar-refractivity contribution in [2.75, 3.05) is 16.8 Å². The van der Waals surface area contributed by atoms with Gasteiger partial charge in [-0.15, -0.1) is 0 Å². The van der Waals surface area contributed by atoms with Gasteiger partial charge in [0.1, 0.15) is 5.82 Å². The van der Waals surface area contributed by atoms with Crippen LogP contribution in [0.25, 0.3) is 0 Å². The molecule has 5 heteroatoms. The molecule has 0 saturated carbocycles. The summed E-state index contributed by atoms with van der Waals surface area (Å²) in [5, 5.41) is 2.75. The molecular formula is C17H13FN2O2. The van der Waals surface area contributed by atoms with E-state index in [1.807, 2.05) is 6.07 Å². The van der Waals surface area contributed by atoms with Crippen LogP contribution in [0.2, 0.25) is 0 Å². The third kappa shape index (κ3) is 1.97. The lowest BCUT2D eigenvalue weighted by Crippen LogP contribution is -2.24. The number of nitrogens with zero attached hydrogens (tertiary/aromatic N) is 1. The maximum atomic E-state index is 12.9. The van der Waals surface area contributed by atoms with Gasteiger partial charge in [0.15, 0.2) is 0 Å². The summed E-state index contributed by atoms with van der Waals surface area (Å²) < 4.78 is 12.9. The van der Waals surface area contributed by atoms with Gasteiger partial charge < -0.3 is 10.2 Å². The Morgan fingerprint density at radius 1 is 1.14 bits per heavy atom. The molecule has 4 rings (SSSR count).